The minimum Gasteiger partial charge on any atom is -0.399 e. The fraction of sp³-hybridized carbons (Fsp3) is 0.400. The van der Waals surface area contributed by atoms with E-state index in [1.807, 2.05) is 24.1 Å². The molecule has 2 N–H and O–H groups in total. The average molecular weight is 473 g/mol. The van der Waals surface area contributed by atoms with Crippen molar-refractivity contribution in [3.63, 3.8) is 0 Å². The van der Waals surface area contributed by atoms with Crippen molar-refractivity contribution < 1.29 is 4.79 Å². The molecule has 0 bridgehead atoms. The van der Waals surface area contributed by atoms with E-state index in [0.717, 1.165) is 59.3 Å². The lowest BCUT2D eigenvalue weighted by molar-refractivity contribution is 0.0663. The summed E-state index contributed by atoms with van der Waals surface area (Å²) < 4.78 is 2.12. The van der Waals surface area contributed by atoms with Gasteiger partial charge in [-0.15, -0.1) is 0 Å². The summed E-state index contributed by atoms with van der Waals surface area (Å²) in [6.45, 7) is 3.53. The van der Waals surface area contributed by atoms with Gasteiger partial charge in [0.15, 0.2) is 0 Å². The zero-order chi connectivity index (χ0) is 23.2. The van der Waals surface area contributed by atoms with Crippen molar-refractivity contribution in [3.8, 4) is 0 Å². The third-order valence-electron chi connectivity index (χ3n) is 6.75. The van der Waals surface area contributed by atoms with Gasteiger partial charge in [0.05, 0.1) is 16.1 Å². The summed E-state index contributed by atoms with van der Waals surface area (Å²) >= 11 is 13.4. The highest BCUT2D eigenvalue weighted by atomic mass is 35.5. The van der Waals surface area contributed by atoms with Crippen molar-refractivity contribution in [1.29, 1.82) is 0 Å². The summed E-state index contributed by atoms with van der Waals surface area (Å²) in [6.07, 6.45) is 2.47. The number of rotatable bonds is 4. The van der Waals surface area contributed by atoms with Crippen molar-refractivity contribution in [3.05, 3.63) is 62.8 Å². The van der Waals surface area contributed by atoms with E-state index in [0.29, 0.717) is 28.1 Å². The molecule has 0 unspecified atom stereocenters. The summed E-state index contributed by atoms with van der Waals surface area (Å²) in [5, 5.41) is 2.16. The smallest absolute Gasteiger partial charge is 0.255 e. The van der Waals surface area contributed by atoms with Crippen LogP contribution in [0.3, 0.4) is 0 Å². The van der Waals surface area contributed by atoms with Gasteiger partial charge in [0, 0.05) is 54.4 Å². The normalized spacial score (nSPS) is 15.2. The number of amides is 1. The molecule has 1 saturated heterocycles. The van der Waals surface area contributed by atoms with Gasteiger partial charge in [-0.2, -0.15) is 0 Å². The number of nitrogen functional groups attached to an aromatic ring is 1. The topological polar surface area (TPSA) is 54.5 Å². The van der Waals surface area contributed by atoms with Gasteiger partial charge in [0.25, 0.3) is 5.91 Å². The molecule has 4 rings (SSSR count). The molecule has 0 saturated carbocycles. The maximum atomic E-state index is 13.3. The predicted molar refractivity (Wildman–Crippen MR) is 134 cm³/mol. The fourth-order valence-electron chi connectivity index (χ4n) is 4.72. The van der Waals surface area contributed by atoms with Crippen LogP contribution in [0.25, 0.3) is 10.9 Å². The number of carbonyl (C=O) groups excluding carboxylic acids is 1. The molecular weight excluding hydrogens is 443 g/mol. The van der Waals surface area contributed by atoms with E-state index in [1.54, 1.807) is 12.1 Å². The molecule has 7 heteroatoms. The van der Waals surface area contributed by atoms with Crippen molar-refractivity contribution in [2.75, 3.05) is 32.9 Å². The van der Waals surface area contributed by atoms with Gasteiger partial charge in [-0.1, -0.05) is 23.2 Å². The van der Waals surface area contributed by atoms with Gasteiger partial charge in [-0.25, -0.2) is 0 Å². The Labute approximate surface area is 199 Å². The van der Waals surface area contributed by atoms with Crippen molar-refractivity contribution >= 4 is 45.7 Å². The SMILES string of the molecule is Cc1cc(N)cc2c1cc(Cc1c(Cl)ccc(C(=O)N3CCC(N(C)C)CC3)c1Cl)n2C. The number of benzene rings is 2. The van der Waals surface area contributed by atoms with Crippen molar-refractivity contribution in [2.24, 2.45) is 7.05 Å². The molecule has 0 radical (unpaired) electrons. The number of halogens is 2. The third kappa shape index (κ3) is 4.21. The second-order valence-electron chi connectivity index (χ2n) is 9.02. The second kappa shape index (κ2) is 8.97. The first-order valence-electron chi connectivity index (χ1n) is 10.9. The van der Waals surface area contributed by atoms with Crippen LogP contribution >= 0.6 is 23.2 Å². The first-order chi connectivity index (χ1) is 15.2. The molecule has 2 aromatic carbocycles. The maximum absolute atomic E-state index is 13.3. The van der Waals surface area contributed by atoms with Gasteiger partial charge in [0.1, 0.15) is 0 Å². The summed E-state index contributed by atoms with van der Waals surface area (Å²) in [5.74, 6) is -0.0224. The van der Waals surface area contributed by atoms with Crippen LogP contribution in [0, 0.1) is 6.92 Å². The van der Waals surface area contributed by atoms with Crippen molar-refractivity contribution in [2.45, 2.75) is 32.2 Å². The number of piperidine rings is 1. The minimum absolute atomic E-state index is 0.0224. The number of aryl methyl sites for hydroxylation is 2. The predicted octanol–water partition coefficient (Wildman–Crippen LogP) is 5.13. The van der Waals surface area contributed by atoms with Crippen LogP contribution in [0.15, 0.2) is 30.3 Å². The number of anilines is 1. The highest BCUT2D eigenvalue weighted by molar-refractivity contribution is 6.38. The molecule has 1 aliphatic rings. The highest BCUT2D eigenvalue weighted by Gasteiger charge is 2.27. The lowest BCUT2D eigenvalue weighted by Crippen LogP contribution is -2.44. The van der Waals surface area contributed by atoms with Gasteiger partial charge < -0.3 is 20.1 Å². The Morgan fingerprint density at radius 2 is 1.84 bits per heavy atom. The van der Waals surface area contributed by atoms with E-state index < -0.39 is 0 Å². The number of carbonyl (C=O) groups is 1. The number of hydrogen-bond donors (Lipinski definition) is 1. The van der Waals surface area contributed by atoms with Crippen LogP contribution in [0.4, 0.5) is 5.69 Å². The van der Waals surface area contributed by atoms with Crippen LogP contribution in [0.2, 0.25) is 10.0 Å². The van der Waals surface area contributed by atoms with Crippen LogP contribution in [-0.2, 0) is 13.5 Å². The molecule has 1 aliphatic heterocycles. The average Bonchev–Trinajstić information content (AvgIpc) is 3.06. The van der Waals surface area contributed by atoms with E-state index in [2.05, 4.69) is 36.6 Å². The molecule has 1 fully saturated rings. The summed E-state index contributed by atoms with van der Waals surface area (Å²) in [5.41, 5.74) is 11.4. The number of nitrogens with two attached hydrogens (primary N) is 1. The highest BCUT2D eigenvalue weighted by Crippen LogP contribution is 2.34. The quantitative estimate of drug-likeness (QED) is 0.535. The zero-order valence-corrected chi connectivity index (χ0v) is 20.6. The largest absolute Gasteiger partial charge is 0.399 e. The molecule has 2 heterocycles. The fourth-order valence-corrected chi connectivity index (χ4v) is 5.31. The molecule has 0 aliphatic carbocycles. The van der Waals surface area contributed by atoms with Crippen LogP contribution in [0.5, 0.6) is 0 Å². The third-order valence-corrected chi connectivity index (χ3v) is 7.53. The van der Waals surface area contributed by atoms with E-state index in [-0.39, 0.29) is 5.91 Å². The second-order valence-corrected chi connectivity index (χ2v) is 9.80. The Hall–Kier alpha value is -2.21. The van der Waals surface area contributed by atoms with Gasteiger partial charge >= 0.3 is 0 Å². The molecule has 1 amide bonds. The van der Waals surface area contributed by atoms with Crippen LogP contribution in [-0.4, -0.2) is 53.5 Å². The monoisotopic (exact) mass is 472 g/mol. The van der Waals surface area contributed by atoms with E-state index in [9.17, 15) is 4.79 Å². The lowest BCUT2D eigenvalue weighted by atomic mass is 10.0. The molecule has 0 atom stereocenters. The Morgan fingerprint density at radius 3 is 2.50 bits per heavy atom. The van der Waals surface area contributed by atoms with Gasteiger partial charge in [-0.3, -0.25) is 4.79 Å². The zero-order valence-electron chi connectivity index (χ0n) is 19.1. The Balaban J connectivity index is 1.63. The lowest BCUT2D eigenvalue weighted by Gasteiger charge is -2.35. The number of likely N-dealkylation sites (tertiary alicyclic amines) is 1. The first-order valence-corrected chi connectivity index (χ1v) is 11.7. The van der Waals surface area contributed by atoms with Crippen LogP contribution < -0.4 is 5.73 Å². The molecule has 0 spiro atoms. The number of aromatic nitrogens is 1. The van der Waals surface area contributed by atoms with Gasteiger partial charge in [-0.05, 0) is 75.3 Å². The Kier molecular flexibility index (Phi) is 6.44. The standard InChI is InChI=1S/C25H30Cl2N4O/c1-15-11-16(28)12-23-20(15)13-18(30(23)4)14-21-22(26)6-5-19(24(21)27)25(32)31-9-7-17(8-10-31)29(2)3/h5-6,11-13,17H,7-10,14,28H2,1-4H3. The summed E-state index contributed by atoms with van der Waals surface area (Å²) in [6, 6.07) is 10.2. The van der Waals surface area contributed by atoms with Crippen molar-refractivity contribution in [1.82, 2.24) is 14.4 Å². The molecule has 32 heavy (non-hydrogen) atoms. The molecule has 5 nitrogen and oxygen atoms in total. The Morgan fingerprint density at radius 1 is 1.16 bits per heavy atom. The van der Waals surface area contributed by atoms with E-state index in [1.165, 1.54) is 0 Å². The van der Waals surface area contributed by atoms with E-state index >= 15 is 0 Å². The number of nitrogens with zero attached hydrogens (tertiary/aromatic N) is 3. The van der Waals surface area contributed by atoms with Gasteiger partial charge in [0.2, 0.25) is 0 Å². The first kappa shape index (κ1) is 23.0. The molecule has 3 aromatic rings. The molecule has 170 valence electrons. The maximum Gasteiger partial charge on any atom is 0.255 e. The molecular formula is C25H30Cl2N4O. The summed E-state index contributed by atoms with van der Waals surface area (Å²) in [7, 11) is 6.20. The van der Waals surface area contributed by atoms with E-state index in [4.69, 9.17) is 28.9 Å². The Bertz CT molecular complexity index is 1180. The minimum atomic E-state index is -0.0224. The number of fused-ring (bicyclic) bond motifs is 1. The molecule has 1 aromatic heterocycles. The van der Waals surface area contributed by atoms with Crippen LogP contribution in [0.1, 0.15) is 40.0 Å². The summed E-state index contributed by atoms with van der Waals surface area (Å²) in [4.78, 5) is 17.4. The number of hydrogen-bond acceptors (Lipinski definition) is 3.